The van der Waals surface area contributed by atoms with Crippen LogP contribution in [-0.2, 0) is 6.42 Å². The Kier molecular flexibility index (Phi) is 8.45. The second-order valence-corrected chi connectivity index (χ2v) is 10.7. The van der Waals surface area contributed by atoms with Crippen LogP contribution >= 0.6 is 11.8 Å². The number of fused-ring (bicyclic) bond motifs is 1. The van der Waals surface area contributed by atoms with E-state index in [2.05, 4.69) is 22.1 Å². The first-order valence-electron chi connectivity index (χ1n) is 13.6. The molecule has 8 heteroatoms. The normalized spacial score (nSPS) is 12.8. The number of unbranched alkanes of at least 4 members (excludes halogenated alkanes) is 1. The molecule has 1 aromatic heterocycles. The Labute approximate surface area is 238 Å². The monoisotopic (exact) mass is 555 g/mol. The summed E-state index contributed by atoms with van der Waals surface area (Å²) in [5.74, 6) is 0.584. The average Bonchev–Trinajstić information content (AvgIpc) is 3.20. The third kappa shape index (κ3) is 5.58. The van der Waals surface area contributed by atoms with E-state index in [1.165, 1.54) is 11.8 Å². The van der Waals surface area contributed by atoms with E-state index < -0.39 is 0 Å². The zero-order valence-electron chi connectivity index (χ0n) is 22.7. The number of pyridine rings is 1. The number of H-pyrrole nitrogens is 1. The fraction of sp³-hybridized carbons (Fsp3) is 0.250. The van der Waals surface area contributed by atoms with Gasteiger partial charge in [0.1, 0.15) is 16.3 Å². The smallest absolute Gasteiger partial charge is 0.266 e. The van der Waals surface area contributed by atoms with Crippen LogP contribution in [0.3, 0.4) is 0 Å². The Morgan fingerprint density at radius 1 is 1.07 bits per heavy atom. The summed E-state index contributed by atoms with van der Waals surface area (Å²) in [6.07, 6.45) is 3.29. The van der Waals surface area contributed by atoms with Gasteiger partial charge in [0.05, 0.1) is 12.3 Å². The van der Waals surface area contributed by atoms with Crippen molar-refractivity contribution in [1.82, 2.24) is 10.3 Å². The lowest BCUT2D eigenvalue weighted by atomic mass is 9.99. The molecule has 206 valence electrons. The van der Waals surface area contributed by atoms with E-state index in [-0.39, 0.29) is 22.1 Å². The number of anilines is 2. The molecule has 7 nitrogen and oxygen atoms in total. The quantitative estimate of drug-likeness (QED) is 0.229. The average molecular weight is 556 g/mol. The zero-order valence-corrected chi connectivity index (χ0v) is 23.5. The lowest BCUT2D eigenvalue weighted by Gasteiger charge is -2.27. The van der Waals surface area contributed by atoms with Gasteiger partial charge >= 0.3 is 0 Å². The molecule has 3 aromatic carbocycles. The molecule has 0 radical (unpaired) electrons. The van der Waals surface area contributed by atoms with Crippen molar-refractivity contribution < 1.29 is 14.6 Å². The summed E-state index contributed by atoms with van der Waals surface area (Å²) in [6.45, 7) is 3.34. The maximum atomic E-state index is 13.3. The van der Waals surface area contributed by atoms with Crippen LogP contribution in [0.15, 0.2) is 87.4 Å². The first kappa shape index (κ1) is 27.4. The molecule has 0 spiro atoms. The Bertz CT molecular complexity index is 1570. The first-order chi connectivity index (χ1) is 19.5. The minimum atomic E-state index is -0.314. The zero-order chi connectivity index (χ0) is 28.1. The Morgan fingerprint density at radius 2 is 1.82 bits per heavy atom. The van der Waals surface area contributed by atoms with Gasteiger partial charge < -0.3 is 25.0 Å². The molecule has 1 aliphatic rings. The molecular formula is C32H33N3O4S. The number of carbonyl (C=O) groups is 1. The highest BCUT2D eigenvalue weighted by atomic mass is 32.2. The molecule has 1 amide bonds. The minimum absolute atomic E-state index is 0.0226. The molecule has 4 aromatic rings. The summed E-state index contributed by atoms with van der Waals surface area (Å²) >= 11 is 1.23. The number of aryl methyl sites for hydroxylation is 1. The van der Waals surface area contributed by atoms with Gasteiger partial charge in [-0.15, -0.1) is 0 Å². The molecule has 0 aliphatic carbocycles. The van der Waals surface area contributed by atoms with Gasteiger partial charge in [-0.3, -0.25) is 9.59 Å². The van der Waals surface area contributed by atoms with Crippen molar-refractivity contribution in [2.75, 3.05) is 25.1 Å². The molecule has 2 heterocycles. The van der Waals surface area contributed by atoms with Gasteiger partial charge in [0.25, 0.3) is 11.5 Å². The van der Waals surface area contributed by atoms with Crippen molar-refractivity contribution in [3.8, 4) is 22.6 Å². The number of rotatable bonds is 8. The SMILES string of the molecule is CCCCc1[nH]c(=O)c(Sc2ccc(-c3ccccc3C(=O)NC)cc2)c(O)c1N1CCCOc2ccccc21. The fourth-order valence-electron chi connectivity index (χ4n) is 4.98. The number of aromatic nitrogens is 1. The fourth-order valence-corrected chi connectivity index (χ4v) is 5.82. The summed E-state index contributed by atoms with van der Waals surface area (Å²) < 4.78 is 5.96. The predicted octanol–water partition coefficient (Wildman–Crippen LogP) is 6.52. The molecule has 0 saturated carbocycles. The number of aromatic amines is 1. The van der Waals surface area contributed by atoms with Crippen LogP contribution in [0.2, 0.25) is 0 Å². The summed E-state index contributed by atoms with van der Waals surface area (Å²) in [4.78, 5) is 31.9. The van der Waals surface area contributed by atoms with Crippen molar-refractivity contribution in [3.63, 3.8) is 0 Å². The molecular weight excluding hydrogens is 522 g/mol. The van der Waals surface area contributed by atoms with Crippen molar-refractivity contribution in [2.24, 2.45) is 0 Å². The van der Waals surface area contributed by atoms with E-state index in [1.54, 1.807) is 13.1 Å². The number of nitrogens with one attached hydrogen (secondary N) is 2. The standard InChI is InChI=1S/C32H33N3O4S/c1-3-4-12-25-28(35-19-9-20-39-27-14-8-7-13-26(27)35)29(36)30(32(38)34-25)40-22-17-15-21(16-18-22)23-10-5-6-11-24(23)31(37)33-2/h5-8,10-11,13-18H,3-4,9,12,19-20H2,1-2H3,(H,33,37)(H2,34,36,38). The van der Waals surface area contributed by atoms with Crippen LogP contribution in [0.5, 0.6) is 11.5 Å². The molecule has 0 unspecified atom stereocenters. The van der Waals surface area contributed by atoms with Crippen LogP contribution in [0.1, 0.15) is 42.2 Å². The van der Waals surface area contributed by atoms with Gasteiger partial charge in [-0.1, -0.05) is 67.6 Å². The highest BCUT2D eigenvalue weighted by Gasteiger charge is 2.26. The lowest BCUT2D eigenvalue weighted by molar-refractivity contribution is 0.0963. The van der Waals surface area contributed by atoms with Crippen LogP contribution in [0, 0.1) is 0 Å². The number of carbonyl (C=O) groups excluding carboxylic acids is 1. The van der Waals surface area contributed by atoms with E-state index in [0.717, 1.165) is 52.4 Å². The van der Waals surface area contributed by atoms with Crippen LogP contribution in [-0.4, -0.2) is 36.2 Å². The first-order valence-corrected chi connectivity index (χ1v) is 14.4. The van der Waals surface area contributed by atoms with Gasteiger partial charge in [0, 0.05) is 29.7 Å². The molecule has 3 N–H and O–H groups in total. The number of amides is 1. The number of aromatic hydroxyl groups is 1. The van der Waals surface area contributed by atoms with Crippen LogP contribution in [0.25, 0.3) is 11.1 Å². The summed E-state index contributed by atoms with van der Waals surface area (Å²) in [6, 6.07) is 22.9. The summed E-state index contributed by atoms with van der Waals surface area (Å²) in [7, 11) is 1.61. The minimum Gasteiger partial charge on any atom is -0.504 e. The number of hydrogen-bond donors (Lipinski definition) is 3. The van der Waals surface area contributed by atoms with Gasteiger partial charge in [-0.25, -0.2) is 0 Å². The van der Waals surface area contributed by atoms with Gasteiger partial charge in [-0.2, -0.15) is 0 Å². The molecule has 0 bridgehead atoms. The van der Waals surface area contributed by atoms with E-state index in [4.69, 9.17) is 4.74 Å². The molecule has 1 aliphatic heterocycles. The maximum Gasteiger partial charge on any atom is 0.266 e. The van der Waals surface area contributed by atoms with Crippen molar-refractivity contribution >= 4 is 29.0 Å². The maximum absolute atomic E-state index is 13.3. The highest BCUT2D eigenvalue weighted by molar-refractivity contribution is 7.99. The van der Waals surface area contributed by atoms with Crippen LogP contribution < -0.4 is 20.5 Å². The van der Waals surface area contributed by atoms with Crippen molar-refractivity contribution in [2.45, 2.75) is 42.4 Å². The third-order valence-electron chi connectivity index (χ3n) is 6.97. The molecule has 0 fully saturated rings. The largest absolute Gasteiger partial charge is 0.504 e. The van der Waals surface area contributed by atoms with Crippen molar-refractivity contribution in [3.05, 3.63) is 94.4 Å². The Hall–Kier alpha value is -4.17. The Balaban J connectivity index is 1.53. The van der Waals surface area contributed by atoms with Gasteiger partial charge in [0.2, 0.25) is 0 Å². The molecule has 40 heavy (non-hydrogen) atoms. The number of para-hydroxylation sites is 2. The number of hydrogen-bond acceptors (Lipinski definition) is 6. The van der Waals surface area contributed by atoms with Gasteiger partial charge in [-0.05, 0) is 60.7 Å². The van der Waals surface area contributed by atoms with E-state index in [0.29, 0.717) is 30.8 Å². The molecule has 0 atom stereocenters. The number of benzene rings is 3. The Morgan fingerprint density at radius 3 is 2.60 bits per heavy atom. The van der Waals surface area contributed by atoms with E-state index >= 15 is 0 Å². The summed E-state index contributed by atoms with van der Waals surface area (Å²) in [5, 5.41) is 14.4. The third-order valence-corrected chi connectivity index (χ3v) is 8.06. The van der Waals surface area contributed by atoms with E-state index in [9.17, 15) is 14.7 Å². The highest BCUT2D eigenvalue weighted by Crippen LogP contribution is 2.45. The molecule has 0 saturated heterocycles. The molecule has 5 rings (SSSR count). The second-order valence-electron chi connectivity index (χ2n) is 9.64. The van der Waals surface area contributed by atoms with Gasteiger partial charge in [0.15, 0.2) is 5.75 Å². The topological polar surface area (TPSA) is 94.7 Å². The van der Waals surface area contributed by atoms with Crippen LogP contribution in [0.4, 0.5) is 11.4 Å². The number of nitrogens with zero attached hydrogens (tertiary/aromatic N) is 1. The van der Waals surface area contributed by atoms with Crippen molar-refractivity contribution in [1.29, 1.82) is 0 Å². The van der Waals surface area contributed by atoms with E-state index in [1.807, 2.05) is 66.7 Å². The number of ether oxygens (including phenoxy) is 1. The second kappa shape index (κ2) is 12.3. The summed E-state index contributed by atoms with van der Waals surface area (Å²) in [5.41, 5.74) is 4.22. The lowest BCUT2D eigenvalue weighted by Crippen LogP contribution is -2.23. The predicted molar refractivity (Wildman–Crippen MR) is 160 cm³/mol.